The molecule has 27 heteroatoms. The van der Waals surface area contributed by atoms with Gasteiger partial charge in [-0.05, 0) is 6.42 Å². The molecule has 3 saturated heterocycles. The van der Waals surface area contributed by atoms with Crippen molar-refractivity contribution < 1.29 is 68.6 Å². The highest BCUT2D eigenvalue weighted by molar-refractivity contribution is 7.24. The predicted molar refractivity (Wildman–Crippen MR) is 214 cm³/mol. The SMILES string of the molecule is CC1[C@H](OP)C(OP)C(OP)O[C@@H]1CP=O.CC[C@H]1OC(OP)C(OP)[C@@H](OP)C1C.O=PC[C@H]1OC(OP)C(OP)[C@@H](OP)C1OP. The summed E-state index contributed by atoms with van der Waals surface area (Å²) >= 11 is 0. The third-order valence-electron chi connectivity index (χ3n) is 8.02. The minimum absolute atomic E-state index is 0.0281. The van der Waals surface area contributed by atoms with Gasteiger partial charge in [-0.15, -0.1) is 0 Å². The molecule has 0 aromatic rings. The Bertz CT molecular complexity index is 883. The van der Waals surface area contributed by atoms with Crippen molar-refractivity contribution >= 4 is 112 Å². The van der Waals surface area contributed by atoms with Crippen LogP contribution in [0.1, 0.15) is 27.2 Å². The standard InChI is InChI=1S/C8H19O4P3.C7H16O5P4.C6H15O6P5/c1-3-5-4(2)6(10-13)7(11-14)8(9-5)12-15;1-3-4(2-16-8)9-7(12-15)6(11-14)5(3)10-13;7-17-1-2-3(9-13)4(10-14)5(11-15)6(8-2)12-16/h4-8H,3,13-15H2,1-2H3;3-7H,2,13-15H2,1H3;2-6H,1,13-16H2/t4?,5-,6+,7?,8?;3?,4-,5+,6?,7?;2-,3?,4+,5?,6?/m111/s1. The van der Waals surface area contributed by atoms with Crippen LogP contribution in [-0.2, 0) is 68.6 Å². The van der Waals surface area contributed by atoms with Crippen LogP contribution in [0, 0.1) is 11.8 Å². The first-order chi connectivity index (χ1) is 23.1. The van der Waals surface area contributed by atoms with Gasteiger partial charge in [-0.2, -0.15) is 0 Å². The van der Waals surface area contributed by atoms with Gasteiger partial charge in [-0.3, -0.25) is 9.13 Å². The fourth-order valence-electron chi connectivity index (χ4n) is 5.41. The molecule has 0 aromatic heterocycles. The Morgan fingerprint density at radius 3 is 1.08 bits per heavy atom. The van der Waals surface area contributed by atoms with E-state index in [1.165, 1.54) is 0 Å². The molecule has 48 heavy (non-hydrogen) atoms. The zero-order chi connectivity index (χ0) is 36.4. The zero-order valence-electron chi connectivity index (χ0n) is 26.6. The molecular weight excluding hydrogens is 864 g/mol. The average Bonchev–Trinajstić information content (AvgIpc) is 3.11. The maximum Gasteiger partial charge on any atom is 0.190 e. The van der Waals surface area contributed by atoms with Crippen LogP contribution in [0.15, 0.2) is 0 Å². The summed E-state index contributed by atoms with van der Waals surface area (Å²) < 4.78 is 90.7. The monoisotopic (exact) mass is 914 g/mol. The van der Waals surface area contributed by atoms with Crippen molar-refractivity contribution in [3.8, 4) is 0 Å². The first-order valence-corrected chi connectivity index (χ1v) is 20.9. The largest absolute Gasteiger partial charge is 0.359 e. The Morgan fingerprint density at radius 2 is 0.750 bits per heavy atom. The Balaban J connectivity index is 0.000000361. The van der Waals surface area contributed by atoms with Crippen LogP contribution in [0.25, 0.3) is 0 Å². The van der Waals surface area contributed by atoms with E-state index >= 15 is 0 Å². The van der Waals surface area contributed by atoms with Gasteiger partial charge in [0.15, 0.2) is 35.8 Å². The van der Waals surface area contributed by atoms with Gasteiger partial charge >= 0.3 is 0 Å². The van der Waals surface area contributed by atoms with E-state index in [2.05, 4.69) is 109 Å². The number of hydrogen-bond acceptors (Lipinski definition) is 15. The van der Waals surface area contributed by atoms with Crippen molar-refractivity contribution in [2.24, 2.45) is 11.8 Å². The lowest BCUT2D eigenvalue weighted by Crippen LogP contribution is -2.58. The van der Waals surface area contributed by atoms with Gasteiger partial charge in [0.2, 0.25) is 0 Å². The molecule has 19 unspecified atom stereocenters. The van der Waals surface area contributed by atoms with Crippen LogP contribution >= 0.6 is 112 Å². The maximum atomic E-state index is 10.7. The van der Waals surface area contributed by atoms with Crippen LogP contribution in [-0.4, -0.2) is 92.2 Å². The summed E-state index contributed by atoms with van der Waals surface area (Å²) in [6, 6.07) is 0. The van der Waals surface area contributed by atoms with Crippen molar-refractivity contribution in [3.05, 3.63) is 0 Å². The second-order valence-corrected chi connectivity index (χ2v) is 14.5. The molecule has 0 saturated carbocycles. The topological polar surface area (TPSA) is 154 Å². The molecule has 0 amide bonds. The molecular formula is C21H50O15P12. The van der Waals surface area contributed by atoms with E-state index in [0.717, 1.165) is 6.42 Å². The first-order valence-electron chi connectivity index (χ1n) is 14.2. The molecule has 0 aromatic carbocycles. The van der Waals surface area contributed by atoms with Gasteiger partial charge in [-0.25, -0.2) is 0 Å². The molecule has 0 aliphatic carbocycles. The van der Waals surface area contributed by atoms with Gasteiger partial charge in [0.05, 0.1) is 36.7 Å². The normalized spacial score (nSPS) is 40.1. The molecule has 3 rings (SSSR count). The highest BCUT2D eigenvalue weighted by Crippen LogP contribution is 2.37. The van der Waals surface area contributed by atoms with Crippen LogP contribution in [0.2, 0.25) is 0 Å². The van der Waals surface area contributed by atoms with Gasteiger partial charge in [0, 0.05) is 107 Å². The summed E-state index contributed by atoms with van der Waals surface area (Å²) in [5, 5.41) is 0. The second kappa shape index (κ2) is 28.4. The van der Waals surface area contributed by atoms with Crippen molar-refractivity contribution in [3.63, 3.8) is 0 Å². The van der Waals surface area contributed by atoms with Crippen LogP contribution in [0.5, 0.6) is 0 Å². The quantitative estimate of drug-likeness (QED) is 0.201. The van der Waals surface area contributed by atoms with E-state index < -0.39 is 43.3 Å². The van der Waals surface area contributed by atoms with E-state index in [-0.39, 0.29) is 71.5 Å². The van der Waals surface area contributed by atoms with Crippen molar-refractivity contribution in [2.75, 3.05) is 12.3 Å². The highest BCUT2D eigenvalue weighted by Gasteiger charge is 2.48. The first kappa shape index (κ1) is 50.0. The molecule has 3 fully saturated rings. The number of rotatable bonds is 15. The van der Waals surface area contributed by atoms with Gasteiger partial charge in [0.1, 0.15) is 36.6 Å². The van der Waals surface area contributed by atoms with Gasteiger partial charge in [0.25, 0.3) is 0 Å². The molecule has 284 valence electrons. The lowest BCUT2D eigenvalue weighted by Gasteiger charge is -2.43. The molecule has 15 nitrogen and oxygen atoms in total. The summed E-state index contributed by atoms with van der Waals surface area (Å²) in [4.78, 5) is 0. The lowest BCUT2D eigenvalue weighted by atomic mass is 9.89. The molecule has 0 bridgehead atoms. The van der Waals surface area contributed by atoms with E-state index in [1.54, 1.807) is 0 Å². The molecule has 25 atom stereocenters. The second-order valence-electron chi connectivity index (χ2n) is 10.5. The summed E-state index contributed by atoms with van der Waals surface area (Å²) in [5.41, 5.74) is 0. The Labute approximate surface area is 310 Å². The van der Waals surface area contributed by atoms with Crippen LogP contribution in [0.4, 0.5) is 0 Å². The fraction of sp³-hybridized carbons (Fsp3) is 1.00. The lowest BCUT2D eigenvalue weighted by molar-refractivity contribution is -0.241. The van der Waals surface area contributed by atoms with Crippen molar-refractivity contribution in [1.82, 2.24) is 0 Å². The van der Waals surface area contributed by atoms with Crippen molar-refractivity contribution in [1.29, 1.82) is 0 Å². The minimum atomic E-state index is -0.633. The summed E-state index contributed by atoms with van der Waals surface area (Å²) in [5.74, 6) is 0.343. The molecule has 0 radical (unpaired) electrons. The molecule has 0 spiro atoms. The van der Waals surface area contributed by atoms with Crippen molar-refractivity contribution in [2.45, 2.75) is 107 Å². The third-order valence-corrected chi connectivity index (χ3v) is 12.0. The fourth-order valence-corrected chi connectivity index (χ4v) is 9.36. The maximum absolute atomic E-state index is 10.7. The van der Waals surface area contributed by atoms with Gasteiger partial charge in [-0.1, -0.05) is 20.8 Å². The highest BCUT2D eigenvalue weighted by atomic mass is 31.1. The smallest absolute Gasteiger partial charge is 0.190 e. The van der Waals surface area contributed by atoms with E-state index in [9.17, 15) is 9.13 Å². The van der Waals surface area contributed by atoms with Crippen LogP contribution < -0.4 is 0 Å². The predicted octanol–water partition coefficient (Wildman–Crippen LogP) is 5.05. The average molecular weight is 914 g/mol. The minimum Gasteiger partial charge on any atom is -0.359 e. The zero-order valence-corrected chi connectivity index (χ0v) is 39.9. The van der Waals surface area contributed by atoms with Crippen LogP contribution in [0.3, 0.4) is 0 Å². The number of hydrogen-bond donors (Lipinski definition) is 0. The van der Waals surface area contributed by atoms with Gasteiger partial charge < -0.3 is 59.4 Å². The van der Waals surface area contributed by atoms with E-state index in [1.807, 2.05) is 6.92 Å². The summed E-state index contributed by atoms with van der Waals surface area (Å²) in [6.45, 7) is 6.15. The molecule has 0 N–H and O–H groups in total. The molecule has 3 heterocycles. The van der Waals surface area contributed by atoms with E-state index in [4.69, 9.17) is 59.4 Å². The Hall–Kier alpha value is 3.98. The Kier molecular flexibility index (Phi) is 29.6. The molecule has 3 aliphatic heterocycles. The summed E-state index contributed by atoms with van der Waals surface area (Å²) in [7, 11) is 21.9. The number of ether oxygens (including phenoxy) is 3. The van der Waals surface area contributed by atoms with E-state index in [0.29, 0.717) is 6.16 Å². The Morgan fingerprint density at radius 1 is 0.438 bits per heavy atom. The summed E-state index contributed by atoms with van der Waals surface area (Å²) in [6.07, 6.45) is -2.49. The third kappa shape index (κ3) is 14.2. The molecule has 3 aliphatic rings.